The third kappa shape index (κ3) is 6.42. The van der Waals surface area contributed by atoms with Crippen molar-refractivity contribution in [1.82, 2.24) is 5.43 Å². The smallest absolute Gasteiger partial charge is 0.240 e. The maximum absolute atomic E-state index is 11.9. The summed E-state index contributed by atoms with van der Waals surface area (Å²) in [7, 11) is 0. The Bertz CT molecular complexity index is 751. The van der Waals surface area contributed by atoms with E-state index >= 15 is 0 Å². The number of nitrogens with one attached hydrogen (secondary N) is 1. The van der Waals surface area contributed by atoms with Crippen molar-refractivity contribution < 1.29 is 19.1 Å². The number of carbonyl (C=O) groups is 1. The fraction of sp³-hybridized carbons (Fsp3) is 0.429. The number of hydrogen-bond acceptors (Lipinski definition) is 6. The Labute approximate surface area is 166 Å². The maximum Gasteiger partial charge on any atom is 0.240 e. The van der Waals surface area contributed by atoms with Crippen molar-refractivity contribution in [1.29, 1.82) is 0 Å². The topological polar surface area (TPSA) is 87.3 Å². The molecule has 0 bridgehead atoms. The minimum atomic E-state index is -0.716. The Balaban J connectivity index is 1.76. The molecule has 1 amide bonds. The van der Waals surface area contributed by atoms with Crippen LogP contribution in [0, 0.1) is 0 Å². The molecule has 0 aliphatic rings. The number of carbonyl (C=O) groups excluding carboxylic acids is 1. The van der Waals surface area contributed by atoms with Gasteiger partial charge in [-0.15, -0.1) is 0 Å². The number of aliphatic hydroxyl groups is 1. The number of aliphatic hydroxyl groups excluding tert-OH is 1. The van der Waals surface area contributed by atoms with Crippen molar-refractivity contribution in [2.24, 2.45) is 5.10 Å². The van der Waals surface area contributed by atoms with Gasteiger partial charge in [0.1, 0.15) is 11.5 Å². The molecule has 0 fully saturated rings. The summed E-state index contributed by atoms with van der Waals surface area (Å²) in [5.41, 5.74) is 3.21. The van der Waals surface area contributed by atoms with Crippen LogP contribution in [0.2, 0.25) is 0 Å². The van der Waals surface area contributed by atoms with E-state index in [4.69, 9.17) is 9.15 Å². The standard InChI is InChI=1S/C21H29N3O4/c1-4-24(5-2)21-14-11-18(28-21)15-22-23-20(26)13-12-19(25)16-7-9-17(10-8-16)27-6-3/h7-11,14-15,19,25H,4-6,12-13H2,1-3H3,(H,23,26)/b22-15-/t19-/m1/s1. The maximum atomic E-state index is 11.9. The number of anilines is 1. The molecular formula is C21H29N3O4. The Morgan fingerprint density at radius 3 is 2.57 bits per heavy atom. The van der Waals surface area contributed by atoms with Crippen molar-refractivity contribution >= 4 is 18.0 Å². The second-order valence-electron chi connectivity index (χ2n) is 6.20. The first-order valence-electron chi connectivity index (χ1n) is 9.64. The second-order valence-corrected chi connectivity index (χ2v) is 6.20. The Morgan fingerprint density at radius 1 is 1.21 bits per heavy atom. The van der Waals surface area contributed by atoms with E-state index in [0.29, 0.717) is 18.8 Å². The molecule has 1 heterocycles. The first-order chi connectivity index (χ1) is 13.6. The summed E-state index contributed by atoms with van der Waals surface area (Å²) in [5.74, 6) is 1.83. The molecule has 28 heavy (non-hydrogen) atoms. The van der Waals surface area contributed by atoms with Crippen molar-refractivity contribution in [3.63, 3.8) is 0 Å². The van der Waals surface area contributed by atoms with Crippen LogP contribution in [-0.2, 0) is 4.79 Å². The number of hydrazone groups is 1. The zero-order valence-electron chi connectivity index (χ0n) is 16.7. The molecule has 0 aliphatic heterocycles. The summed E-state index contributed by atoms with van der Waals surface area (Å²) in [6, 6.07) is 10.9. The van der Waals surface area contributed by atoms with E-state index in [9.17, 15) is 9.90 Å². The number of rotatable bonds is 11. The lowest BCUT2D eigenvalue weighted by Gasteiger charge is -2.16. The summed E-state index contributed by atoms with van der Waals surface area (Å²) in [4.78, 5) is 14.0. The van der Waals surface area contributed by atoms with Crippen LogP contribution < -0.4 is 15.1 Å². The van der Waals surface area contributed by atoms with Crippen LogP contribution >= 0.6 is 0 Å². The molecule has 2 N–H and O–H groups in total. The van der Waals surface area contributed by atoms with Crippen LogP contribution in [0.5, 0.6) is 5.75 Å². The molecule has 0 aliphatic carbocycles. The number of benzene rings is 1. The summed E-state index contributed by atoms with van der Waals surface area (Å²) < 4.78 is 11.0. The molecule has 0 saturated heterocycles. The zero-order valence-corrected chi connectivity index (χ0v) is 16.7. The average Bonchev–Trinajstić information content (AvgIpc) is 3.16. The number of amides is 1. The molecule has 0 unspecified atom stereocenters. The predicted molar refractivity (Wildman–Crippen MR) is 110 cm³/mol. The third-order valence-electron chi connectivity index (χ3n) is 4.29. The average molecular weight is 387 g/mol. The van der Waals surface area contributed by atoms with Crippen LogP contribution in [0.25, 0.3) is 0 Å². The molecule has 1 atom stereocenters. The molecule has 7 nitrogen and oxygen atoms in total. The number of furan rings is 1. The van der Waals surface area contributed by atoms with Gasteiger partial charge in [0.2, 0.25) is 5.91 Å². The molecule has 1 aromatic heterocycles. The van der Waals surface area contributed by atoms with Gasteiger partial charge < -0.3 is 19.2 Å². The van der Waals surface area contributed by atoms with E-state index in [1.807, 2.05) is 25.1 Å². The van der Waals surface area contributed by atoms with Crippen LogP contribution in [0.15, 0.2) is 45.9 Å². The Kier molecular flexibility index (Phi) is 8.55. The minimum absolute atomic E-state index is 0.161. The summed E-state index contributed by atoms with van der Waals surface area (Å²) in [6.07, 6.45) is 1.22. The van der Waals surface area contributed by atoms with Gasteiger partial charge in [-0.25, -0.2) is 5.43 Å². The molecule has 1 aromatic carbocycles. The van der Waals surface area contributed by atoms with Crippen molar-refractivity contribution in [2.45, 2.75) is 39.7 Å². The van der Waals surface area contributed by atoms with E-state index in [1.165, 1.54) is 6.21 Å². The molecule has 7 heteroatoms. The third-order valence-corrected chi connectivity index (χ3v) is 4.29. The lowest BCUT2D eigenvalue weighted by Crippen LogP contribution is -2.20. The van der Waals surface area contributed by atoms with Gasteiger partial charge in [-0.2, -0.15) is 5.10 Å². The first kappa shape index (κ1) is 21.5. The minimum Gasteiger partial charge on any atom is -0.494 e. The van der Waals surface area contributed by atoms with Gasteiger partial charge in [-0.1, -0.05) is 12.1 Å². The van der Waals surface area contributed by atoms with Crippen molar-refractivity contribution in [3.8, 4) is 5.75 Å². The van der Waals surface area contributed by atoms with E-state index in [0.717, 1.165) is 30.3 Å². The Morgan fingerprint density at radius 2 is 1.93 bits per heavy atom. The normalized spacial score (nSPS) is 12.1. The summed E-state index contributed by atoms with van der Waals surface area (Å²) >= 11 is 0. The monoisotopic (exact) mass is 387 g/mol. The molecule has 2 aromatic rings. The van der Waals surface area contributed by atoms with Gasteiger partial charge in [-0.3, -0.25) is 4.79 Å². The van der Waals surface area contributed by atoms with Gasteiger partial charge in [0.25, 0.3) is 0 Å². The predicted octanol–water partition coefficient (Wildman–Crippen LogP) is 3.49. The van der Waals surface area contributed by atoms with Crippen LogP contribution in [-0.4, -0.2) is 36.9 Å². The summed E-state index contributed by atoms with van der Waals surface area (Å²) in [5, 5.41) is 14.1. The molecule has 2 rings (SSSR count). The number of ether oxygens (including phenoxy) is 1. The van der Waals surface area contributed by atoms with Crippen molar-refractivity contribution in [2.75, 3.05) is 24.6 Å². The van der Waals surface area contributed by atoms with Gasteiger partial charge >= 0.3 is 0 Å². The lowest BCUT2D eigenvalue weighted by atomic mass is 10.0. The fourth-order valence-electron chi connectivity index (χ4n) is 2.73. The van der Waals surface area contributed by atoms with E-state index in [1.54, 1.807) is 18.2 Å². The molecule has 152 valence electrons. The molecule has 0 radical (unpaired) electrons. The van der Waals surface area contributed by atoms with Crippen LogP contribution in [0.1, 0.15) is 51.0 Å². The lowest BCUT2D eigenvalue weighted by molar-refractivity contribution is -0.121. The number of nitrogens with zero attached hydrogens (tertiary/aromatic N) is 2. The van der Waals surface area contributed by atoms with Gasteiger partial charge in [0, 0.05) is 25.6 Å². The molecular weight excluding hydrogens is 358 g/mol. The SMILES string of the molecule is CCOc1ccc([C@H](O)CCC(=O)N/N=C\c2ccc(N(CC)CC)o2)cc1. The van der Waals surface area contributed by atoms with Gasteiger partial charge in [-0.05, 0) is 51.0 Å². The second kappa shape index (κ2) is 11.1. The zero-order chi connectivity index (χ0) is 20.4. The largest absolute Gasteiger partial charge is 0.494 e. The highest BCUT2D eigenvalue weighted by atomic mass is 16.5. The summed E-state index contributed by atoms with van der Waals surface area (Å²) in [6.45, 7) is 8.34. The van der Waals surface area contributed by atoms with E-state index < -0.39 is 6.10 Å². The van der Waals surface area contributed by atoms with Gasteiger partial charge in [0.05, 0.1) is 18.9 Å². The van der Waals surface area contributed by atoms with Gasteiger partial charge in [0.15, 0.2) is 5.88 Å². The molecule has 0 saturated carbocycles. The Hall–Kier alpha value is -2.80. The van der Waals surface area contributed by atoms with Crippen molar-refractivity contribution in [3.05, 3.63) is 47.7 Å². The highest BCUT2D eigenvalue weighted by molar-refractivity contribution is 5.80. The van der Waals surface area contributed by atoms with E-state index in [-0.39, 0.29) is 12.3 Å². The van der Waals surface area contributed by atoms with Crippen LogP contribution in [0.3, 0.4) is 0 Å². The van der Waals surface area contributed by atoms with Crippen LogP contribution in [0.4, 0.5) is 5.88 Å². The molecule has 0 spiro atoms. The fourth-order valence-corrected chi connectivity index (χ4v) is 2.73. The number of hydrogen-bond donors (Lipinski definition) is 2. The first-order valence-corrected chi connectivity index (χ1v) is 9.64. The quantitative estimate of drug-likeness (QED) is 0.455. The van der Waals surface area contributed by atoms with E-state index in [2.05, 4.69) is 29.3 Å². The highest BCUT2D eigenvalue weighted by Crippen LogP contribution is 2.21. The highest BCUT2D eigenvalue weighted by Gasteiger charge is 2.11.